The van der Waals surface area contributed by atoms with E-state index in [2.05, 4.69) is 14.8 Å². The number of methoxy groups -OCH3 is 1. The second kappa shape index (κ2) is 4.80. The van der Waals surface area contributed by atoms with E-state index >= 15 is 0 Å². The Balaban J connectivity index is 2.64. The van der Waals surface area contributed by atoms with Crippen LogP contribution in [0.3, 0.4) is 0 Å². The second-order valence-corrected chi connectivity index (χ2v) is 2.88. The maximum atomic E-state index is 11.1. The first-order valence-electron chi connectivity index (χ1n) is 4.11. The number of carbonyl (C=O) groups excluding carboxylic acids is 1. The molecule has 14 heavy (non-hydrogen) atoms. The molecule has 1 rings (SSSR count). The number of aliphatic hydroxyl groups is 1. The number of ether oxygens (including phenoxy) is 2. The smallest absolute Gasteiger partial charge is 0.334 e. The van der Waals surface area contributed by atoms with Crippen molar-refractivity contribution < 1.29 is 19.4 Å². The van der Waals surface area contributed by atoms with Crippen molar-refractivity contribution >= 4 is 5.97 Å². The molecule has 1 heterocycles. The number of hydrogen-bond acceptors (Lipinski definition) is 5. The Hall–Kier alpha value is -1.30. The van der Waals surface area contributed by atoms with Crippen LogP contribution in [-0.4, -0.2) is 43.0 Å². The number of azide groups is 1. The summed E-state index contributed by atoms with van der Waals surface area (Å²) in [5.74, 6) is -0.515. The summed E-state index contributed by atoms with van der Waals surface area (Å²) >= 11 is 0. The van der Waals surface area contributed by atoms with Crippen LogP contribution in [0.5, 0.6) is 0 Å². The summed E-state index contributed by atoms with van der Waals surface area (Å²) in [5.41, 5.74) is 8.23. The van der Waals surface area contributed by atoms with Crippen molar-refractivity contribution in [2.75, 3.05) is 13.7 Å². The van der Waals surface area contributed by atoms with Gasteiger partial charge in [0.25, 0.3) is 0 Å². The summed E-state index contributed by atoms with van der Waals surface area (Å²) in [6.07, 6.45) is -1.11. The SMILES string of the molecule is COC(=O)C1CC(N=[N+]=[N-])C(CO)O1. The van der Waals surface area contributed by atoms with Crippen molar-refractivity contribution in [2.24, 2.45) is 5.11 Å². The van der Waals surface area contributed by atoms with Crippen LogP contribution in [0.4, 0.5) is 0 Å². The fraction of sp³-hybridized carbons (Fsp3) is 0.857. The summed E-state index contributed by atoms with van der Waals surface area (Å²) in [6.45, 7) is -0.281. The zero-order valence-corrected chi connectivity index (χ0v) is 7.66. The Bertz CT molecular complexity index is 264. The van der Waals surface area contributed by atoms with Gasteiger partial charge >= 0.3 is 5.97 Å². The van der Waals surface area contributed by atoms with Crippen molar-refractivity contribution in [2.45, 2.75) is 24.7 Å². The minimum Gasteiger partial charge on any atom is -0.467 e. The minimum atomic E-state index is -0.743. The van der Waals surface area contributed by atoms with Gasteiger partial charge in [-0.15, -0.1) is 0 Å². The highest BCUT2D eigenvalue weighted by Gasteiger charge is 2.38. The third kappa shape index (κ3) is 2.14. The monoisotopic (exact) mass is 201 g/mol. The van der Waals surface area contributed by atoms with Gasteiger partial charge in [-0.1, -0.05) is 5.11 Å². The lowest BCUT2D eigenvalue weighted by atomic mass is 10.1. The molecule has 0 aromatic heterocycles. The minimum absolute atomic E-state index is 0.252. The molecule has 0 radical (unpaired) electrons. The molecule has 0 aliphatic carbocycles. The Labute approximate surface area is 80.2 Å². The largest absolute Gasteiger partial charge is 0.467 e. The van der Waals surface area contributed by atoms with Gasteiger partial charge in [0.05, 0.1) is 25.9 Å². The van der Waals surface area contributed by atoms with Crippen LogP contribution in [0.15, 0.2) is 5.11 Å². The topological polar surface area (TPSA) is 105 Å². The Kier molecular flexibility index (Phi) is 3.70. The van der Waals surface area contributed by atoms with Gasteiger partial charge in [0.15, 0.2) is 6.10 Å². The lowest BCUT2D eigenvalue weighted by Crippen LogP contribution is -2.25. The number of rotatable bonds is 3. The van der Waals surface area contributed by atoms with Crippen molar-refractivity contribution in [1.29, 1.82) is 0 Å². The highest BCUT2D eigenvalue weighted by Crippen LogP contribution is 2.23. The number of carbonyl (C=O) groups is 1. The first-order valence-corrected chi connectivity index (χ1v) is 4.11. The van der Waals surface area contributed by atoms with Gasteiger partial charge < -0.3 is 14.6 Å². The fourth-order valence-electron chi connectivity index (χ4n) is 1.36. The van der Waals surface area contributed by atoms with E-state index in [-0.39, 0.29) is 13.0 Å². The molecule has 78 valence electrons. The average Bonchev–Trinajstić information content (AvgIpc) is 2.60. The maximum Gasteiger partial charge on any atom is 0.334 e. The normalized spacial score (nSPS) is 30.9. The number of esters is 1. The van der Waals surface area contributed by atoms with Crippen molar-refractivity contribution in [3.63, 3.8) is 0 Å². The molecule has 7 heteroatoms. The predicted molar refractivity (Wildman–Crippen MR) is 45.3 cm³/mol. The Morgan fingerprint density at radius 2 is 2.57 bits per heavy atom. The highest BCUT2D eigenvalue weighted by atomic mass is 16.6. The third-order valence-electron chi connectivity index (χ3n) is 2.07. The molecule has 3 unspecified atom stereocenters. The van der Waals surface area contributed by atoms with Gasteiger partial charge in [-0.25, -0.2) is 4.79 Å². The molecule has 1 fully saturated rings. The third-order valence-corrected chi connectivity index (χ3v) is 2.07. The number of nitrogens with zero attached hydrogens (tertiary/aromatic N) is 3. The van der Waals surface area contributed by atoms with Gasteiger partial charge in [0.1, 0.15) is 0 Å². The predicted octanol–water partition coefficient (Wildman–Crippen LogP) is -0.0119. The molecule has 0 saturated carbocycles. The zero-order chi connectivity index (χ0) is 10.6. The van der Waals surface area contributed by atoms with E-state index in [1.807, 2.05) is 0 Å². The molecule has 0 amide bonds. The summed E-state index contributed by atoms with van der Waals surface area (Å²) in [4.78, 5) is 13.7. The fourth-order valence-corrected chi connectivity index (χ4v) is 1.36. The van der Waals surface area contributed by atoms with Crippen LogP contribution in [-0.2, 0) is 14.3 Å². The Morgan fingerprint density at radius 3 is 3.07 bits per heavy atom. The van der Waals surface area contributed by atoms with Crippen molar-refractivity contribution in [3.05, 3.63) is 10.4 Å². The molecule has 1 N–H and O–H groups in total. The number of hydrogen-bond donors (Lipinski definition) is 1. The molecule has 1 saturated heterocycles. The maximum absolute atomic E-state index is 11.1. The van der Waals surface area contributed by atoms with Crippen LogP contribution >= 0.6 is 0 Å². The lowest BCUT2D eigenvalue weighted by molar-refractivity contribution is -0.153. The molecular formula is C7H11N3O4. The van der Waals surface area contributed by atoms with E-state index in [4.69, 9.17) is 15.4 Å². The summed E-state index contributed by atoms with van der Waals surface area (Å²) in [7, 11) is 1.25. The summed E-state index contributed by atoms with van der Waals surface area (Å²) in [5, 5.41) is 12.3. The molecule has 0 spiro atoms. The molecular weight excluding hydrogens is 190 g/mol. The molecule has 0 aromatic carbocycles. The molecule has 3 atom stereocenters. The van der Waals surface area contributed by atoms with E-state index in [1.165, 1.54) is 7.11 Å². The van der Waals surface area contributed by atoms with Crippen LogP contribution in [0, 0.1) is 0 Å². The zero-order valence-electron chi connectivity index (χ0n) is 7.66. The van der Waals surface area contributed by atoms with E-state index in [0.29, 0.717) is 0 Å². The van der Waals surface area contributed by atoms with Gasteiger partial charge in [-0.2, -0.15) is 0 Å². The van der Waals surface area contributed by atoms with Gasteiger partial charge in [-0.05, 0) is 12.0 Å². The quantitative estimate of drug-likeness (QED) is 0.300. The first kappa shape index (κ1) is 10.8. The van der Waals surface area contributed by atoms with Crippen LogP contribution in [0.2, 0.25) is 0 Å². The van der Waals surface area contributed by atoms with Gasteiger partial charge in [0, 0.05) is 4.91 Å². The summed E-state index contributed by atoms with van der Waals surface area (Å²) in [6, 6.07) is -0.505. The lowest BCUT2D eigenvalue weighted by Gasteiger charge is -2.10. The molecule has 0 aromatic rings. The summed E-state index contributed by atoms with van der Waals surface area (Å²) < 4.78 is 9.61. The van der Waals surface area contributed by atoms with Crippen molar-refractivity contribution in [3.8, 4) is 0 Å². The van der Waals surface area contributed by atoms with Crippen LogP contribution < -0.4 is 0 Å². The first-order chi connectivity index (χ1) is 6.72. The van der Waals surface area contributed by atoms with Crippen molar-refractivity contribution in [1.82, 2.24) is 0 Å². The standard InChI is InChI=1S/C7H11N3O4/c1-13-7(12)5-2-4(9-10-8)6(3-11)14-5/h4-6,11H,2-3H2,1H3. The van der Waals surface area contributed by atoms with Gasteiger partial charge in [0.2, 0.25) is 0 Å². The average molecular weight is 201 g/mol. The van der Waals surface area contributed by atoms with Crippen LogP contribution in [0.25, 0.3) is 10.4 Å². The Morgan fingerprint density at radius 1 is 1.86 bits per heavy atom. The van der Waals surface area contributed by atoms with Crippen LogP contribution in [0.1, 0.15) is 6.42 Å². The van der Waals surface area contributed by atoms with E-state index in [1.54, 1.807) is 0 Å². The molecule has 1 aliphatic heterocycles. The molecule has 7 nitrogen and oxygen atoms in total. The second-order valence-electron chi connectivity index (χ2n) is 2.88. The van der Waals surface area contributed by atoms with Gasteiger partial charge in [-0.3, -0.25) is 0 Å². The van der Waals surface area contributed by atoms with E-state index in [0.717, 1.165) is 0 Å². The van der Waals surface area contributed by atoms with E-state index in [9.17, 15) is 4.79 Å². The molecule has 1 aliphatic rings. The van der Waals surface area contributed by atoms with E-state index < -0.39 is 24.2 Å². The molecule has 0 bridgehead atoms. The highest BCUT2D eigenvalue weighted by molar-refractivity contribution is 5.75. The number of aliphatic hydroxyl groups excluding tert-OH is 1.